The lowest BCUT2D eigenvalue weighted by Gasteiger charge is -2.30. The van der Waals surface area contributed by atoms with Crippen LogP contribution in [0.25, 0.3) is 0 Å². The number of hydrogen-bond donors (Lipinski definition) is 2. The molecule has 0 spiro atoms. The number of halogens is 1. The van der Waals surface area contributed by atoms with Crippen LogP contribution < -0.4 is 5.73 Å². The molecule has 1 aromatic carbocycles. The average molecular weight is 270 g/mol. The van der Waals surface area contributed by atoms with E-state index in [1.807, 2.05) is 24.3 Å². The normalized spacial score (nSPS) is 21.5. The van der Waals surface area contributed by atoms with Crippen molar-refractivity contribution in [3.05, 3.63) is 34.3 Å². The summed E-state index contributed by atoms with van der Waals surface area (Å²) >= 11 is 3.48. The van der Waals surface area contributed by atoms with Crippen molar-refractivity contribution in [2.45, 2.75) is 37.3 Å². The highest BCUT2D eigenvalue weighted by atomic mass is 79.9. The Morgan fingerprint density at radius 3 is 2.47 bits per heavy atom. The van der Waals surface area contributed by atoms with E-state index >= 15 is 0 Å². The molecule has 0 aliphatic heterocycles. The lowest BCUT2D eigenvalue weighted by atomic mass is 9.88. The topological polar surface area (TPSA) is 46.2 Å². The Morgan fingerprint density at radius 1 is 1.27 bits per heavy atom. The molecule has 0 heterocycles. The van der Waals surface area contributed by atoms with Gasteiger partial charge in [-0.05, 0) is 24.5 Å². The summed E-state index contributed by atoms with van der Waals surface area (Å²) in [6, 6.07) is 7.58. The van der Waals surface area contributed by atoms with E-state index in [1.54, 1.807) is 0 Å². The molecule has 3 N–H and O–H groups in total. The predicted octanol–water partition coefficient (Wildman–Crippen LogP) is 2.75. The SMILES string of the molecule is NC(c1ccccc1Br)C1(O)CCCC1. The number of benzene rings is 1. The van der Waals surface area contributed by atoms with Crippen molar-refractivity contribution in [1.29, 1.82) is 0 Å². The third kappa shape index (κ3) is 2.10. The Morgan fingerprint density at radius 2 is 1.87 bits per heavy atom. The van der Waals surface area contributed by atoms with Crippen molar-refractivity contribution in [2.24, 2.45) is 5.73 Å². The first-order valence-corrected chi connectivity index (χ1v) is 6.15. The second-order valence-corrected chi connectivity index (χ2v) is 5.16. The Hall–Kier alpha value is -0.380. The van der Waals surface area contributed by atoms with Gasteiger partial charge in [0.15, 0.2) is 0 Å². The Labute approximate surface area is 98.6 Å². The molecular weight excluding hydrogens is 254 g/mol. The van der Waals surface area contributed by atoms with Gasteiger partial charge in [0.25, 0.3) is 0 Å². The molecule has 3 heteroatoms. The third-order valence-corrected chi connectivity index (χ3v) is 4.01. The second kappa shape index (κ2) is 4.24. The summed E-state index contributed by atoms with van der Waals surface area (Å²) in [5.41, 5.74) is 6.45. The first-order valence-electron chi connectivity index (χ1n) is 5.36. The van der Waals surface area contributed by atoms with Gasteiger partial charge in [-0.25, -0.2) is 0 Å². The van der Waals surface area contributed by atoms with Crippen LogP contribution in [0.3, 0.4) is 0 Å². The van der Waals surface area contributed by atoms with Crippen LogP contribution in [0.4, 0.5) is 0 Å². The monoisotopic (exact) mass is 269 g/mol. The fourth-order valence-electron chi connectivity index (χ4n) is 2.32. The van der Waals surface area contributed by atoms with Gasteiger partial charge >= 0.3 is 0 Å². The minimum Gasteiger partial charge on any atom is -0.388 e. The van der Waals surface area contributed by atoms with E-state index in [9.17, 15) is 5.11 Å². The maximum atomic E-state index is 10.4. The number of aliphatic hydroxyl groups is 1. The van der Waals surface area contributed by atoms with Crippen molar-refractivity contribution in [1.82, 2.24) is 0 Å². The lowest BCUT2D eigenvalue weighted by molar-refractivity contribution is 0.0201. The summed E-state index contributed by atoms with van der Waals surface area (Å²) in [4.78, 5) is 0. The van der Waals surface area contributed by atoms with E-state index in [4.69, 9.17) is 5.73 Å². The molecule has 1 atom stereocenters. The van der Waals surface area contributed by atoms with Gasteiger partial charge < -0.3 is 10.8 Å². The zero-order chi connectivity index (χ0) is 10.9. The van der Waals surface area contributed by atoms with Crippen LogP contribution in [0.15, 0.2) is 28.7 Å². The zero-order valence-corrected chi connectivity index (χ0v) is 10.2. The third-order valence-electron chi connectivity index (χ3n) is 3.29. The first kappa shape index (κ1) is 11.1. The van der Waals surface area contributed by atoms with E-state index in [0.29, 0.717) is 0 Å². The van der Waals surface area contributed by atoms with E-state index in [1.165, 1.54) is 0 Å². The molecule has 0 amide bonds. The van der Waals surface area contributed by atoms with Crippen LogP contribution >= 0.6 is 15.9 Å². The summed E-state index contributed by atoms with van der Waals surface area (Å²) in [5.74, 6) is 0. The van der Waals surface area contributed by atoms with Gasteiger partial charge in [-0.15, -0.1) is 0 Å². The smallest absolute Gasteiger partial charge is 0.0839 e. The molecule has 1 aliphatic rings. The van der Waals surface area contributed by atoms with E-state index in [0.717, 1.165) is 35.7 Å². The number of nitrogens with two attached hydrogens (primary N) is 1. The summed E-state index contributed by atoms with van der Waals surface area (Å²) < 4.78 is 0.984. The summed E-state index contributed by atoms with van der Waals surface area (Å²) in [7, 11) is 0. The molecule has 0 aromatic heterocycles. The fourth-order valence-corrected chi connectivity index (χ4v) is 2.85. The van der Waals surface area contributed by atoms with Crippen LogP contribution in [-0.4, -0.2) is 10.7 Å². The number of hydrogen-bond acceptors (Lipinski definition) is 2. The summed E-state index contributed by atoms with van der Waals surface area (Å²) in [6.45, 7) is 0. The van der Waals surface area contributed by atoms with Crippen molar-refractivity contribution >= 4 is 15.9 Å². The van der Waals surface area contributed by atoms with Gasteiger partial charge in [-0.1, -0.05) is 47.0 Å². The second-order valence-electron chi connectivity index (χ2n) is 4.31. The number of rotatable bonds is 2. The standard InChI is InChI=1S/C12H16BrNO/c13-10-6-2-1-5-9(10)11(14)12(15)7-3-4-8-12/h1-2,5-6,11,15H,3-4,7-8,14H2. The van der Waals surface area contributed by atoms with Crippen molar-refractivity contribution < 1.29 is 5.11 Å². The molecule has 1 unspecified atom stereocenters. The minimum absolute atomic E-state index is 0.282. The maximum absolute atomic E-state index is 10.4. The molecular formula is C12H16BrNO. The fraction of sp³-hybridized carbons (Fsp3) is 0.500. The summed E-state index contributed by atoms with van der Waals surface area (Å²) in [6.07, 6.45) is 3.79. The zero-order valence-electron chi connectivity index (χ0n) is 8.62. The molecule has 0 saturated heterocycles. The van der Waals surface area contributed by atoms with E-state index in [2.05, 4.69) is 15.9 Å². The van der Waals surface area contributed by atoms with Gasteiger partial charge in [0.05, 0.1) is 11.6 Å². The molecule has 1 fully saturated rings. The molecule has 2 nitrogen and oxygen atoms in total. The highest BCUT2D eigenvalue weighted by Crippen LogP contribution is 2.40. The maximum Gasteiger partial charge on any atom is 0.0839 e. The van der Waals surface area contributed by atoms with Crippen molar-refractivity contribution in [2.75, 3.05) is 0 Å². The van der Waals surface area contributed by atoms with Crippen LogP contribution in [0, 0.1) is 0 Å². The van der Waals surface area contributed by atoms with Crippen molar-refractivity contribution in [3.63, 3.8) is 0 Å². The van der Waals surface area contributed by atoms with Crippen LogP contribution in [-0.2, 0) is 0 Å². The van der Waals surface area contributed by atoms with Crippen LogP contribution in [0.1, 0.15) is 37.3 Å². The highest BCUT2D eigenvalue weighted by Gasteiger charge is 2.38. The Bertz CT molecular complexity index is 347. The first-order chi connectivity index (χ1) is 7.13. The molecule has 1 saturated carbocycles. The van der Waals surface area contributed by atoms with Crippen LogP contribution in [0.5, 0.6) is 0 Å². The quantitative estimate of drug-likeness (QED) is 0.868. The minimum atomic E-state index is -0.704. The molecule has 2 rings (SSSR count). The molecule has 0 bridgehead atoms. The van der Waals surface area contributed by atoms with Gasteiger partial charge in [-0.3, -0.25) is 0 Å². The average Bonchev–Trinajstić information content (AvgIpc) is 2.66. The van der Waals surface area contributed by atoms with Gasteiger partial charge in [-0.2, -0.15) is 0 Å². The summed E-state index contributed by atoms with van der Waals surface area (Å²) in [5, 5.41) is 10.4. The van der Waals surface area contributed by atoms with Gasteiger partial charge in [0, 0.05) is 4.47 Å². The molecule has 1 aromatic rings. The molecule has 1 aliphatic carbocycles. The highest BCUT2D eigenvalue weighted by molar-refractivity contribution is 9.10. The largest absolute Gasteiger partial charge is 0.388 e. The predicted molar refractivity (Wildman–Crippen MR) is 64.5 cm³/mol. The molecule has 15 heavy (non-hydrogen) atoms. The van der Waals surface area contributed by atoms with Crippen LogP contribution in [0.2, 0.25) is 0 Å². The van der Waals surface area contributed by atoms with E-state index < -0.39 is 5.60 Å². The molecule has 82 valence electrons. The van der Waals surface area contributed by atoms with Gasteiger partial charge in [0.2, 0.25) is 0 Å². The lowest BCUT2D eigenvalue weighted by Crippen LogP contribution is -2.38. The molecule has 0 radical (unpaired) electrons. The van der Waals surface area contributed by atoms with E-state index in [-0.39, 0.29) is 6.04 Å². The Balaban J connectivity index is 2.27. The van der Waals surface area contributed by atoms with Crippen molar-refractivity contribution in [3.8, 4) is 0 Å². The van der Waals surface area contributed by atoms with Gasteiger partial charge in [0.1, 0.15) is 0 Å². The Kier molecular flexibility index (Phi) is 3.14.